The summed E-state index contributed by atoms with van der Waals surface area (Å²) in [6.45, 7) is 1.66. The minimum Gasteiger partial charge on any atom is -0.376 e. The van der Waals surface area contributed by atoms with Crippen molar-refractivity contribution in [2.45, 2.75) is 32.0 Å². The Bertz CT molecular complexity index is 1080. The first-order valence-corrected chi connectivity index (χ1v) is 10.1. The molecular formula is C19H19N3O3S2. The fraction of sp³-hybridized carbons (Fsp3) is 0.316. The molecule has 0 bridgehead atoms. The van der Waals surface area contributed by atoms with Crippen molar-refractivity contribution in [3.8, 4) is 0 Å². The van der Waals surface area contributed by atoms with Gasteiger partial charge in [-0.3, -0.25) is 14.2 Å². The van der Waals surface area contributed by atoms with Gasteiger partial charge in [0.25, 0.3) is 11.5 Å². The van der Waals surface area contributed by atoms with E-state index in [-0.39, 0.29) is 17.6 Å². The summed E-state index contributed by atoms with van der Waals surface area (Å²) in [6, 6.07) is 8.94. The van der Waals surface area contributed by atoms with Crippen LogP contribution in [0.2, 0.25) is 0 Å². The number of aromatic amines is 1. The van der Waals surface area contributed by atoms with E-state index in [0.29, 0.717) is 34.3 Å². The zero-order valence-electron chi connectivity index (χ0n) is 14.6. The van der Waals surface area contributed by atoms with Crippen molar-refractivity contribution in [1.29, 1.82) is 0 Å². The number of H-pyrrole nitrogens is 1. The van der Waals surface area contributed by atoms with Gasteiger partial charge in [0.2, 0.25) is 0 Å². The van der Waals surface area contributed by atoms with Gasteiger partial charge in [0.1, 0.15) is 0 Å². The average Bonchev–Trinajstić information content (AvgIpc) is 3.36. The van der Waals surface area contributed by atoms with Gasteiger partial charge in [-0.2, -0.15) is 0 Å². The van der Waals surface area contributed by atoms with Gasteiger partial charge >= 0.3 is 0 Å². The van der Waals surface area contributed by atoms with Gasteiger partial charge in [-0.05, 0) is 54.7 Å². The van der Waals surface area contributed by atoms with Crippen LogP contribution in [0.1, 0.15) is 28.1 Å². The Hall–Kier alpha value is -2.29. The number of rotatable bonds is 5. The number of amides is 1. The highest BCUT2D eigenvalue weighted by Crippen LogP contribution is 2.16. The number of carbonyl (C=O) groups excluding carboxylic acids is 1. The van der Waals surface area contributed by atoms with Crippen molar-refractivity contribution in [3.05, 3.63) is 61.3 Å². The number of hydrogen-bond acceptors (Lipinski definition) is 5. The number of thiophene rings is 1. The Balaban J connectivity index is 1.59. The minimum absolute atomic E-state index is 0.0255. The second kappa shape index (κ2) is 7.75. The van der Waals surface area contributed by atoms with Crippen LogP contribution < -0.4 is 10.9 Å². The fourth-order valence-electron chi connectivity index (χ4n) is 3.24. The summed E-state index contributed by atoms with van der Waals surface area (Å²) in [7, 11) is 0. The highest BCUT2D eigenvalue weighted by atomic mass is 32.1. The van der Waals surface area contributed by atoms with Crippen molar-refractivity contribution in [1.82, 2.24) is 14.9 Å². The molecule has 0 spiro atoms. The van der Waals surface area contributed by atoms with Crippen LogP contribution in [0.15, 0.2) is 40.5 Å². The fourth-order valence-corrected chi connectivity index (χ4v) is 4.15. The molecule has 3 heterocycles. The molecule has 1 fully saturated rings. The molecular weight excluding hydrogens is 382 g/mol. The zero-order valence-corrected chi connectivity index (χ0v) is 16.2. The number of ether oxygens (including phenoxy) is 1. The Morgan fingerprint density at radius 2 is 2.30 bits per heavy atom. The highest BCUT2D eigenvalue weighted by molar-refractivity contribution is 7.71. The number of nitrogens with zero attached hydrogens (tertiary/aromatic N) is 1. The van der Waals surface area contributed by atoms with Gasteiger partial charge in [0.15, 0.2) is 4.77 Å². The van der Waals surface area contributed by atoms with Crippen molar-refractivity contribution < 1.29 is 9.53 Å². The van der Waals surface area contributed by atoms with Crippen LogP contribution in [0.5, 0.6) is 0 Å². The summed E-state index contributed by atoms with van der Waals surface area (Å²) in [4.78, 5) is 29.4. The molecule has 0 aliphatic carbocycles. The molecule has 6 nitrogen and oxygen atoms in total. The molecule has 0 unspecified atom stereocenters. The third-order valence-electron chi connectivity index (χ3n) is 4.66. The summed E-state index contributed by atoms with van der Waals surface area (Å²) in [5.41, 5.74) is 0.896. The van der Waals surface area contributed by atoms with E-state index in [4.69, 9.17) is 17.0 Å². The van der Waals surface area contributed by atoms with Crippen molar-refractivity contribution in [2.75, 3.05) is 6.61 Å². The highest BCUT2D eigenvalue weighted by Gasteiger charge is 2.18. The quantitative estimate of drug-likeness (QED) is 0.644. The number of aromatic nitrogens is 2. The molecule has 3 aromatic rings. The summed E-state index contributed by atoms with van der Waals surface area (Å²) in [6.07, 6.45) is 1.97. The number of carbonyl (C=O) groups is 1. The van der Waals surface area contributed by atoms with E-state index in [2.05, 4.69) is 10.3 Å². The standard InChI is InChI=1S/C19H19N3O3S2/c23-17(20-10-14-4-2-8-27-14)12-5-6-15-16(9-12)21-19(26)22(18(15)24)11-13-3-1-7-25-13/h2,4-6,8-9,13H,1,3,7,10-11H2,(H,20,23)(H,21,26)/t13-/m1/s1. The maximum absolute atomic E-state index is 12.8. The summed E-state index contributed by atoms with van der Waals surface area (Å²) < 4.78 is 7.51. The number of benzene rings is 1. The van der Waals surface area contributed by atoms with Gasteiger partial charge in [0.05, 0.1) is 30.1 Å². The molecule has 1 amide bonds. The summed E-state index contributed by atoms with van der Waals surface area (Å²) in [5.74, 6) is -0.187. The van der Waals surface area contributed by atoms with Gasteiger partial charge in [-0.25, -0.2) is 0 Å². The van der Waals surface area contributed by atoms with Crippen LogP contribution in [0.3, 0.4) is 0 Å². The lowest BCUT2D eigenvalue weighted by Gasteiger charge is -2.13. The van der Waals surface area contributed by atoms with Crippen LogP contribution in [-0.4, -0.2) is 28.2 Å². The lowest BCUT2D eigenvalue weighted by molar-refractivity contribution is 0.0950. The lowest BCUT2D eigenvalue weighted by atomic mass is 10.1. The molecule has 4 rings (SSSR count). The molecule has 2 aromatic heterocycles. The Labute approximate surface area is 164 Å². The summed E-state index contributed by atoms with van der Waals surface area (Å²) in [5, 5.41) is 5.37. The second-order valence-electron chi connectivity index (χ2n) is 6.50. The van der Waals surface area contributed by atoms with Gasteiger partial charge in [0, 0.05) is 17.0 Å². The minimum atomic E-state index is -0.187. The molecule has 1 aliphatic rings. The largest absolute Gasteiger partial charge is 0.376 e. The van der Waals surface area contributed by atoms with E-state index < -0.39 is 0 Å². The first kappa shape index (κ1) is 18.1. The van der Waals surface area contributed by atoms with Crippen LogP contribution in [0.25, 0.3) is 10.9 Å². The zero-order chi connectivity index (χ0) is 18.8. The van der Waals surface area contributed by atoms with Gasteiger partial charge in [-0.1, -0.05) is 6.07 Å². The van der Waals surface area contributed by atoms with E-state index in [9.17, 15) is 9.59 Å². The Morgan fingerprint density at radius 1 is 1.41 bits per heavy atom. The number of hydrogen-bond donors (Lipinski definition) is 2. The molecule has 0 saturated carbocycles. The van der Waals surface area contributed by atoms with Crippen LogP contribution in [-0.2, 0) is 17.8 Å². The second-order valence-corrected chi connectivity index (χ2v) is 7.92. The average molecular weight is 402 g/mol. The van der Waals surface area contributed by atoms with Crippen LogP contribution >= 0.6 is 23.6 Å². The molecule has 1 aromatic carbocycles. The molecule has 27 heavy (non-hydrogen) atoms. The third kappa shape index (κ3) is 3.87. The van der Waals surface area contributed by atoms with Crippen LogP contribution in [0.4, 0.5) is 0 Å². The van der Waals surface area contributed by atoms with Crippen LogP contribution in [0, 0.1) is 4.77 Å². The first-order chi connectivity index (χ1) is 13.1. The van der Waals surface area contributed by atoms with Crippen molar-refractivity contribution >= 4 is 40.4 Å². The topological polar surface area (TPSA) is 76.1 Å². The monoisotopic (exact) mass is 401 g/mol. The number of fused-ring (bicyclic) bond motifs is 1. The molecule has 0 radical (unpaired) electrons. The van der Waals surface area contributed by atoms with E-state index in [1.807, 2.05) is 17.5 Å². The van der Waals surface area contributed by atoms with E-state index in [1.165, 1.54) is 0 Å². The Kier molecular flexibility index (Phi) is 5.20. The van der Waals surface area contributed by atoms with Gasteiger partial charge < -0.3 is 15.0 Å². The Morgan fingerprint density at radius 3 is 3.04 bits per heavy atom. The maximum atomic E-state index is 12.8. The van der Waals surface area contributed by atoms with Crippen molar-refractivity contribution in [3.63, 3.8) is 0 Å². The van der Waals surface area contributed by atoms with E-state index >= 15 is 0 Å². The normalized spacial score (nSPS) is 16.7. The van der Waals surface area contributed by atoms with Gasteiger partial charge in [-0.15, -0.1) is 11.3 Å². The third-order valence-corrected chi connectivity index (χ3v) is 5.86. The molecule has 1 aliphatic heterocycles. The maximum Gasteiger partial charge on any atom is 0.262 e. The molecule has 1 atom stereocenters. The molecule has 2 N–H and O–H groups in total. The molecule has 140 valence electrons. The predicted octanol–water partition coefficient (Wildman–Crippen LogP) is 3.23. The lowest BCUT2D eigenvalue weighted by Crippen LogP contribution is -2.28. The SMILES string of the molecule is O=C(NCc1cccs1)c1ccc2c(=O)n(C[C@H]3CCCO3)c(=S)[nH]c2c1. The molecule has 8 heteroatoms. The number of nitrogens with one attached hydrogen (secondary N) is 2. The molecule has 1 saturated heterocycles. The first-order valence-electron chi connectivity index (χ1n) is 8.81. The van der Waals surface area contributed by atoms with E-state index in [1.54, 1.807) is 34.1 Å². The smallest absolute Gasteiger partial charge is 0.262 e. The van der Waals surface area contributed by atoms with Crippen molar-refractivity contribution in [2.24, 2.45) is 0 Å². The van der Waals surface area contributed by atoms with E-state index in [0.717, 1.165) is 24.3 Å². The predicted molar refractivity (Wildman–Crippen MR) is 108 cm³/mol. The summed E-state index contributed by atoms with van der Waals surface area (Å²) >= 11 is 6.96.